The van der Waals surface area contributed by atoms with Crippen molar-refractivity contribution in [2.45, 2.75) is 37.1 Å². The summed E-state index contributed by atoms with van der Waals surface area (Å²) in [4.78, 5) is 0.231. The molecule has 2 aliphatic rings. The zero-order valence-corrected chi connectivity index (χ0v) is 14.7. The van der Waals surface area contributed by atoms with Crippen LogP contribution in [0.3, 0.4) is 0 Å². The van der Waals surface area contributed by atoms with Gasteiger partial charge in [-0.2, -0.15) is 17.9 Å². The van der Waals surface area contributed by atoms with Crippen LogP contribution in [-0.4, -0.2) is 18.5 Å². The van der Waals surface area contributed by atoms with Crippen LogP contribution >= 0.6 is 0 Å². The molecule has 0 N–H and O–H groups in total. The highest BCUT2D eigenvalue weighted by molar-refractivity contribution is 7.89. The van der Waals surface area contributed by atoms with Gasteiger partial charge in [-0.25, -0.2) is 4.39 Å². The molecule has 0 radical (unpaired) electrons. The fourth-order valence-corrected chi connectivity index (χ4v) is 5.18. The van der Waals surface area contributed by atoms with Gasteiger partial charge < -0.3 is 0 Å². The molecule has 4 nitrogen and oxygen atoms in total. The molecule has 2 aromatic rings. The molecule has 2 aromatic carbocycles. The summed E-state index contributed by atoms with van der Waals surface area (Å²) in [5, 5.41) is 4.47. The first-order chi connectivity index (χ1) is 12.0. The number of hydrogen-bond acceptors (Lipinski definition) is 3. The zero-order valence-electron chi connectivity index (χ0n) is 13.9. The molecule has 25 heavy (non-hydrogen) atoms. The molecule has 4 rings (SSSR count). The van der Waals surface area contributed by atoms with Crippen molar-refractivity contribution in [2.24, 2.45) is 11.0 Å². The first-order valence-electron chi connectivity index (χ1n) is 8.41. The van der Waals surface area contributed by atoms with Crippen molar-refractivity contribution in [3.8, 4) is 0 Å². The summed E-state index contributed by atoms with van der Waals surface area (Å²) in [6.45, 7) is 1.91. The SMILES string of the molecule is Cc1ccc(S(=O)(=O)N2N=C3CCCC3C2c2ccc(F)cc2)cc1. The fraction of sp³-hybridized carbons (Fsp3) is 0.316. The van der Waals surface area contributed by atoms with E-state index in [2.05, 4.69) is 5.10 Å². The van der Waals surface area contributed by atoms with Crippen LogP contribution in [0.25, 0.3) is 0 Å². The predicted molar refractivity (Wildman–Crippen MR) is 94.1 cm³/mol. The lowest BCUT2D eigenvalue weighted by Crippen LogP contribution is -2.30. The van der Waals surface area contributed by atoms with E-state index in [0.717, 1.165) is 36.1 Å². The molecule has 1 heterocycles. The second-order valence-electron chi connectivity index (χ2n) is 6.68. The minimum Gasteiger partial charge on any atom is -0.207 e. The number of sulfonamides is 1. The van der Waals surface area contributed by atoms with E-state index in [1.165, 1.54) is 16.5 Å². The van der Waals surface area contributed by atoms with Crippen molar-refractivity contribution in [1.29, 1.82) is 0 Å². The Labute approximate surface area is 147 Å². The molecule has 0 amide bonds. The van der Waals surface area contributed by atoms with Gasteiger partial charge in [0.05, 0.1) is 10.9 Å². The van der Waals surface area contributed by atoms with Gasteiger partial charge in [-0.3, -0.25) is 0 Å². The number of hydrogen-bond donors (Lipinski definition) is 0. The molecular formula is C19H19FN2O2S. The van der Waals surface area contributed by atoms with E-state index in [9.17, 15) is 12.8 Å². The van der Waals surface area contributed by atoms with Crippen LogP contribution in [0.15, 0.2) is 58.5 Å². The number of rotatable bonds is 3. The third kappa shape index (κ3) is 2.74. The first kappa shape index (κ1) is 16.3. The Morgan fingerprint density at radius 3 is 2.44 bits per heavy atom. The van der Waals surface area contributed by atoms with Crippen LogP contribution in [-0.2, 0) is 10.0 Å². The van der Waals surface area contributed by atoms with Crippen molar-refractivity contribution < 1.29 is 12.8 Å². The third-order valence-corrected chi connectivity index (χ3v) is 6.67. The summed E-state index contributed by atoms with van der Waals surface area (Å²) < 4.78 is 40.9. The molecule has 2 unspecified atom stereocenters. The Morgan fingerprint density at radius 1 is 1.08 bits per heavy atom. The number of hydrazone groups is 1. The van der Waals surface area contributed by atoms with Gasteiger partial charge in [0.15, 0.2) is 0 Å². The van der Waals surface area contributed by atoms with Crippen molar-refractivity contribution in [3.05, 3.63) is 65.5 Å². The highest BCUT2D eigenvalue weighted by atomic mass is 32.2. The van der Waals surface area contributed by atoms with Gasteiger partial charge in [-0.1, -0.05) is 29.8 Å². The van der Waals surface area contributed by atoms with Gasteiger partial charge in [0.2, 0.25) is 0 Å². The van der Waals surface area contributed by atoms with E-state index >= 15 is 0 Å². The first-order valence-corrected chi connectivity index (χ1v) is 9.85. The number of halogens is 1. The van der Waals surface area contributed by atoms with Gasteiger partial charge in [0.25, 0.3) is 10.0 Å². The third-order valence-electron chi connectivity index (χ3n) is 5.00. The van der Waals surface area contributed by atoms with E-state index in [4.69, 9.17) is 0 Å². The molecule has 1 aliphatic carbocycles. The van der Waals surface area contributed by atoms with Crippen LogP contribution in [0.1, 0.15) is 36.4 Å². The second-order valence-corrected chi connectivity index (χ2v) is 8.47. The molecular weight excluding hydrogens is 339 g/mol. The maximum absolute atomic E-state index is 13.3. The lowest BCUT2D eigenvalue weighted by Gasteiger charge is -2.27. The molecule has 0 bridgehead atoms. The lowest BCUT2D eigenvalue weighted by molar-refractivity contribution is 0.317. The Morgan fingerprint density at radius 2 is 1.76 bits per heavy atom. The van der Waals surface area contributed by atoms with Crippen molar-refractivity contribution >= 4 is 15.7 Å². The Kier molecular flexibility index (Phi) is 3.87. The zero-order chi connectivity index (χ0) is 17.6. The van der Waals surface area contributed by atoms with E-state index in [1.807, 2.05) is 6.92 Å². The summed E-state index contributed by atoms with van der Waals surface area (Å²) in [7, 11) is -3.75. The molecule has 0 spiro atoms. The average molecular weight is 358 g/mol. The predicted octanol–water partition coefficient (Wildman–Crippen LogP) is 4.04. The van der Waals surface area contributed by atoms with Crippen molar-refractivity contribution in [2.75, 3.05) is 0 Å². The molecule has 1 saturated carbocycles. The van der Waals surface area contributed by atoms with Gasteiger partial charge in [0, 0.05) is 11.6 Å². The summed E-state index contributed by atoms with van der Waals surface area (Å²) >= 11 is 0. The average Bonchev–Trinajstić information content (AvgIpc) is 3.17. The second kappa shape index (κ2) is 5.95. The summed E-state index contributed by atoms with van der Waals surface area (Å²) in [6, 6.07) is 12.5. The van der Waals surface area contributed by atoms with Crippen molar-refractivity contribution in [3.63, 3.8) is 0 Å². The normalized spacial score (nSPS) is 22.8. The van der Waals surface area contributed by atoms with Crippen LogP contribution in [0.2, 0.25) is 0 Å². The van der Waals surface area contributed by atoms with Gasteiger partial charge >= 0.3 is 0 Å². The molecule has 0 aromatic heterocycles. The van der Waals surface area contributed by atoms with Crippen LogP contribution < -0.4 is 0 Å². The quantitative estimate of drug-likeness (QED) is 0.831. The highest BCUT2D eigenvalue weighted by Gasteiger charge is 2.45. The van der Waals surface area contributed by atoms with Crippen LogP contribution in [0, 0.1) is 18.7 Å². The fourth-order valence-electron chi connectivity index (χ4n) is 3.70. The number of nitrogens with zero attached hydrogens (tertiary/aromatic N) is 2. The van der Waals surface area contributed by atoms with E-state index in [0.29, 0.717) is 0 Å². The summed E-state index contributed by atoms with van der Waals surface area (Å²) in [5.74, 6) is -0.257. The summed E-state index contributed by atoms with van der Waals surface area (Å²) in [6.07, 6.45) is 2.74. The largest absolute Gasteiger partial charge is 0.279 e. The summed E-state index contributed by atoms with van der Waals surface area (Å²) in [5.41, 5.74) is 2.71. The topological polar surface area (TPSA) is 49.7 Å². The molecule has 6 heteroatoms. The van der Waals surface area contributed by atoms with Gasteiger partial charge in [0.1, 0.15) is 5.82 Å². The van der Waals surface area contributed by atoms with Crippen LogP contribution in [0.5, 0.6) is 0 Å². The van der Waals surface area contributed by atoms with Crippen LogP contribution in [0.4, 0.5) is 4.39 Å². The molecule has 0 saturated heterocycles. The lowest BCUT2D eigenvalue weighted by atomic mass is 9.92. The molecule has 1 fully saturated rings. The monoisotopic (exact) mass is 358 g/mol. The number of benzene rings is 2. The molecule has 2 atom stereocenters. The van der Waals surface area contributed by atoms with E-state index in [1.54, 1.807) is 36.4 Å². The number of fused-ring (bicyclic) bond motifs is 1. The van der Waals surface area contributed by atoms with Gasteiger partial charge in [-0.15, -0.1) is 0 Å². The maximum Gasteiger partial charge on any atom is 0.279 e. The minimum atomic E-state index is -3.75. The van der Waals surface area contributed by atoms with E-state index < -0.39 is 16.1 Å². The van der Waals surface area contributed by atoms with Crippen molar-refractivity contribution in [1.82, 2.24) is 4.41 Å². The minimum absolute atomic E-state index is 0.0747. The van der Waals surface area contributed by atoms with E-state index in [-0.39, 0.29) is 16.6 Å². The maximum atomic E-state index is 13.3. The molecule has 1 aliphatic heterocycles. The Hall–Kier alpha value is -2.21. The smallest absolute Gasteiger partial charge is 0.207 e. The standard InChI is InChI=1S/C19H19FN2O2S/c1-13-5-11-16(12-6-13)25(23,24)22-19(14-7-9-15(20)10-8-14)17-3-2-4-18(17)21-22/h5-12,17,19H,2-4H2,1H3. The Balaban J connectivity index is 1.79. The molecule has 130 valence electrons. The number of aryl methyl sites for hydroxylation is 1. The van der Waals surface area contributed by atoms with Gasteiger partial charge in [-0.05, 0) is 56.0 Å². The Bertz CT molecular complexity index is 921. The highest BCUT2D eigenvalue weighted by Crippen LogP contribution is 2.45.